The van der Waals surface area contributed by atoms with Crippen molar-refractivity contribution in [2.24, 2.45) is 5.73 Å². The highest BCUT2D eigenvalue weighted by Gasteiger charge is 2.25. The number of rotatable bonds is 37. The minimum absolute atomic E-state index is 0.0447. The van der Waals surface area contributed by atoms with E-state index in [4.69, 9.17) is 24.3 Å². The van der Waals surface area contributed by atoms with Crippen molar-refractivity contribution in [3.05, 3.63) is 48.6 Å². The fraction of sp³-hybridized carbons (Fsp3) is 0.756. The Bertz CT molecular complexity index is 981. The molecule has 2 atom stereocenters. The van der Waals surface area contributed by atoms with Crippen LogP contribution in [0.25, 0.3) is 0 Å². The van der Waals surface area contributed by atoms with E-state index in [1.807, 2.05) is 0 Å². The van der Waals surface area contributed by atoms with Gasteiger partial charge in [-0.25, -0.2) is 4.57 Å². The van der Waals surface area contributed by atoms with Crippen LogP contribution < -0.4 is 5.73 Å². The second kappa shape index (κ2) is 37.7. The van der Waals surface area contributed by atoms with Crippen molar-refractivity contribution >= 4 is 19.8 Å². The first kappa shape index (κ1) is 49.0. The van der Waals surface area contributed by atoms with Gasteiger partial charge in [-0.2, -0.15) is 0 Å². The molecule has 2 unspecified atom stereocenters. The lowest BCUT2D eigenvalue weighted by atomic mass is 10.1. The molecule has 0 saturated heterocycles. The van der Waals surface area contributed by atoms with Crippen LogP contribution in [-0.4, -0.2) is 49.3 Å². The molecule has 9 nitrogen and oxygen atoms in total. The van der Waals surface area contributed by atoms with Gasteiger partial charge in [0.2, 0.25) is 0 Å². The highest BCUT2D eigenvalue weighted by Crippen LogP contribution is 2.43. The lowest BCUT2D eigenvalue weighted by molar-refractivity contribution is -0.161. The number of phosphoric acid groups is 1. The number of ether oxygens (including phenoxy) is 2. The van der Waals surface area contributed by atoms with E-state index in [0.717, 1.165) is 64.2 Å². The summed E-state index contributed by atoms with van der Waals surface area (Å²) in [5.41, 5.74) is 5.33. The molecule has 0 rings (SSSR count). The van der Waals surface area contributed by atoms with Crippen LogP contribution >= 0.6 is 7.82 Å². The van der Waals surface area contributed by atoms with Crippen molar-refractivity contribution in [3.8, 4) is 0 Å². The summed E-state index contributed by atoms with van der Waals surface area (Å²) in [5.74, 6) is -0.886. The number of esters is 2. The molecule has 0 aliphatic heterocycles. The van der Waals surface area contributed by atoms with Crippen molar-refractivity contribution < 1.29 is 37.6 Å². The maximum Gasteiger partial charge on any atom is 0.472 e. The van der Waals surface area contributed by atoms with Crippen LogP contribution in [0.3, 0.4) is 0 Å². The standard InChI is InChI=1S/C41H74NO8P/c1-3-5-7-9-11-13-15-17-19-21-23-25-27-29-31-33-40(43)47-37-39(38-49-51(45,46)48-36-35-42)50-41(44)34-32-30-28-26-24-22-20-18-16-14-12-10-8-6-4-2/h12,14,17-20,24,26,39H,3-11,13,15-16,21-23,25,27-38,42H2,1-2H3,(H,45,46). The number of carbonyl (C=O) groups is 2. The van der Waals surface area contributed by atoms with Gasteiger partial charge in [-0.05, 0) is 77.0 Å². The van der Waals surface area contributed by atoms with E-state index < -0.39 is 32.5 Å². The van der Waals surface area contributed by atoms with E-state index in [0.29, 0.717) is 12.8 Å². The van der Waals surface area contributed by atoms with Crippen molar-refractivity contribution in [2.75, 3.05) is 26.4 Å². The van der Waals surface area contributed by atoms with Crippen molar-refractivity contribution in [1.29, 1.82) is 0 Å². The predicted molar refractivity (Wildman–Crippen MR) is 210 cm³/mol. The molecular formula is C41H74NO8P. The van der Waals surface area contributed by atoms with Gasteiger partial charge < -0.3 is 20.1 Å². The molecule has 0 heterocycles. The van der Waals surface area contributed by atoms with Crippen molar-refractivity contribution in [3.63, 3.8) is 0 Å². The summed E-state index contributed by atoms with van der Waals surface area (Å²) in [5, 5.41) is 0. The molecule has 0 spiro atoms. The number of unbranched alkanes of at least 4 members (excludes halogenated alkanes) is 16. The van der Waals surface area contributed by atoms with Gasteiger partial charge in [-0.1, -0.05) is 127 Å². The van der Waals surface area contributed by atoms with Crippen LogP contribution in [0.15, 0.2) is 48.6 Å². The number of phosphoric ester groups is 1. The second-order valence-electron chi connectivity index (χ2n) is 13.1. The van der Waals surface area contributed by atoms with Gasteiger partial charge in [-0.3, -0.25) is 18.6 Å². The lowest BCUT2D eigenvalue weighted by Crippen LogP contribution is -2.29. The Hall–Kier alpha value is -2.03. The van der Waals surface area contributed by atoms with Crippen LogP contribution in [0.1, 0.15) is 168 Å². The van der Waals surface area contributed by atoms with Crippen LogP contribution in [0.2, 0.25) is 0 Å². The largest absolute Gasteiger partial charge is 0.472 e. The number of hydrogen-bond donors (Lipinski definition) is 2. The first-order valence-corrected chi connectivity index (χ1v) is 21.6. The van der Waals surface area contributed by atoms with Gasteiger partial charge >= 0.3 is 19.8 Å². The third-order valence-electron chi connectivity index (χ3n) is 8.19. The quantitative estimate of drug-likeness (QED) is 0.0276. The lowest BCUT2D eigenvalue weighted by Gasteiger charge is -2.19. The van der Waals surface area contributed by atoms with E-state index in [2.05, 4.69) is 62.5 Å². The van der Waals surface area contributed by atoms with Crippen LogP contribution in [0.5, 0.6) is 0 Å². The molecule has 10 heteroatoms. The van der Waals surface area contributed by atoms with Crippen LogP contribution in [0.4, 0.5) is 0 Å². The summed E-state index contributed by atoms with van der Waals surface area (Å²) in [6, 6.07) is 0. The summed E-state index contributed by atoms with van der Waals surface area (Å²) >= 11 is 0. The summed E-state index contributed by atoms with van der Waals surface area (Å²) in [6.45, 7) is 3.63. The zero-order chi connectivity index (χ0) is 37.5. The van der Waals surface area contributed by atoms with Gasteiger partial charge in [0.25, 0.3) is 0 Å². The first-order valence-electron chi connectivity index (χ1n) is 20.1. The van der Waals surface area contributed by atoms with E-state index in [1.54, 1.807) is 0 Å². The third-order valence-corrected chi connectivity index (χ3v) is 9.17. The molecule has 0 aromatic rings. The molecule has 0 aromatic heterocycles. The van der Waals surface area contributed by atoms with E-state index in [1.165, 1.54) is 64.2 Å². The van der Waals surface area contributed by atoms with Gasteiger partial charge in [-0.15, -0.1) is 0 Å². The number of carbonyl (C=O) groups excluding carboxylic acids is 2. The fourth-order valence-corrected chi connectivity index (χ4v) is 5.93. The SMILES string of the molecule is CCCCCC=CCC=CCC=CCCCCC(=O)OC(COC(=O)CCCCCCCC=CCCCCCCCC)COP(=O)(O)OCCN. The maximum atomic E-state index is 12.5. The summed E-state index contributed by atoms with van der Waals surface area (Å²) in [4.78, 5) is 34.7. The van der Waals surface area contributed by atoms with Crippen LogP contribution in [0, 0.1) is 0 Å². The first-order chi connectivity index (χ1) is 24.8. The van der Waals surface area contributed by atoms with Crippen molar-refractivity contribution in [2.45, 2.75) is 174 Å². The van der Waals surface area contributed by atoms with Crippen LogP contribution in [-0.2, 0) is 32.7 Å². The van der Waals surface area contributed by atoms with Crippen molar-refractivity contribution in [1.82, 2.24) is 0 Å². The average Bonchev–Trinajstić information content (AvgIpc) is 3.11. The molecule has 0 aromatic carbocycles. The molecule has 0 radical (unpaired) electrons. The Morgan fingerprint density at radius 3 is 1.61 bits per heavy atom. The number of hydrogen-bond acceptors (Lipinski definition) is 8. The Morgan fingerprint density at radius 1 is 0.588 bits per heavy atom. The summed E-state index contributed by atoms with van der Waals surface area (Å²) in [6.07, 6.45) is 41.4. The highest BCUT2D eigenvalue weighted by molar-refractivity contribution is 7.47. The van der Waals surface area contributed by atoms with Gasteiger partial charge in [0.15, 0.2) is 6.10 Å². The van der Waals surface area contributed by atoms with E-state index >= 15 is 0 Å². The molecule has 0 fully saturated rings. The molecule has 0 bridgehead atoms. The maximum absolute atomic E-state index is 12.5. The molecular weight excluding hydrogens is 665 g/mol. The predicted octanol–water partition coefficient (Wildman–Crippen LogP) is 11.2. The smallest absolute Gasteiger partial charge is 0.462 e. The Balaban J connectivity index is 4.29. The van der Waals surface area contributed by atoms with Gasteiger partial charge in [0, 0.05) is 19.4 Å². The number of nitrogens with two attached hydrogens (primary N) is 1. The van der Waals surface area contributed by atoms with E-state index in [9.17, 15) is 19.0 Å². The zero-order valence-electron chi connectivity index (χ0n) is 32.3. The minimum Gasteiger partial charge on any atom is -0.462 e. The highest BCUT2D eigenvalue weighted by atomic mass is 31.2. The topological polar surface area (TPSA) is 134 Å². The molecule has 0 saturated carbocycles. The molecule has 51 heavy (non-hydrogen) atoms. The Kier molecular flexibility index (Phi) is 36.2. The zero-order valence-corrected chi connectivity index (χ0v) is 33.2. The molecule has 0 aliphatic carbocycles. The molecule has 3 N–H and O–H groups in total. The van der Waals surface area contributed by atoms with E-state index in [-0.39, 0.29) is 32.6 Å². The second-order valence-corrected chi connectivity index (χ2v) is 14.6. The number of allylic oxidation sites excluding steroid dienone is 8. The average molecular weight is 740 g/mol. The summed E-state index contributed by atoms with van der Waals surface area (Å²) < 4.78 is 32.6. The minimum atomic E-state index is -4.39. The third kappa shape index (κ3) is 37.5. The molecule has 296 valence electrons. The summed E-state index contributed by atoms with van der Waals surface area (Å²) in [7, 11) is -4.39. The Morgan fingerprint density at radius 2 is 1.02 bits per heavy atom. The molecule has 0 aliphatic rings. The fourth-order valence-electron chi connectivity index (χ4n) is 5.16. The van der Waals surface area contributed by atoms with Gasteiger partial charge in [0.05, 0.1) is 13.2 Å². The Labute approximate surface area is 311 Å². The van der Waals surface area contributed by atoms with Gasteiger partial charge in [0.1, 0.15) is 6.61 Å². The normalized spacial score (nSPS) is 13.9. The monoisotopic (exact) mass is 740 g/mol. The molecule has 0 amide bonds.